The number of nitrogens with zero attached hydrogens (tertiary/aromatic N) is 6. The van der Waals surface area contributed by atoms with Gasteiger partial charge in [-0.25, -0.2) is 9.97 Å². The van der Waals surface area contributed by atoms with E-state index in [-0.39, 0.29) is 29.7 Å². The van der Waals surface area contributed by atoms with Crippen molar-refractivity contribution in [2.45, 2.75) is 48.2 Å². The molecule has 358 valence electrons. The summed E-state index contributed by atoms with van der Waals surface area (Å²) < 4.78 is 8.68. The molecule has 1 aliphatic rings. The summed E-state index contributed by atoms with van der Waals surface area (Å²) in [6, 6.07) is 69.8. The summed E-state index contributed by atoms with van der Waals surface area (Å²) in [5.74, 6) is 1.88. The van der Waals surface area contributed by atoms with Crippen LogP contribution in [0.3, 0.4) is 0 Å². The fourth-order valence-corrected chi connectivity index (χ4v) is 10.4. The monoisotopic (exact) mass is 955 g/mol. The lowest BCUT2D eigenvalue weighted by Gasteiger charge is -2.33. The number of fused-ring (bicyclic) bond motifs is 5. The number of nitrogens with one attached hydrogen (secondary N) is 2. The Morgan fingerprint density at radius 2 is 0.671 bits per heavy atom. The summed E-state index contributed by atoms with van der Waals surface area (Å²) in [6.07, 6.45) is 17.1. The van der Waals surface area contributed by atoms with Crippen molar-refractivity contribution >= 4 is 22.1 Å². The van der Waals surface area contributed by atoms with E-state index in [9.17, 15) is 0 Å². The van der Waals surface area contributed by atoms with Crippen molar-refractivity contribution in [1.29, 1.82) is 0 Å². The molecule has 0 amide bonds. The molecule has 8 nitrogen and oxygen atoms in total. The van der Waals surface area contributed by atoms with Gasteiger partial charge in [0.1, 0.15) is 0 Å². The van der Waals surface area contributed by atoms with Crippen LogP contribution in [-0.2, 0) is 18.5 Å². The molecule has 0 fully saturated rings. The summed E-state index contributed by atoms with van der Waals surface area (Å²) in [4.78, 5) is 16.4. The number of hydrogen-bond donors (Lipinski definition) is 2. The predicted molar refractivity (Wildman–Crippen MR) is 295 cm³/mol. The number of pyridine rings is 4. The highest BCUT2D eigenvalue weighted by molar-refractivity contribution is 5.86. The molecule has 0 atom stereocenters. The van der Waals surface area contributed by atoms with E-state index in [1.165, 1.54) is 33.4 Å². The van der Waals surface area contributed by atoms with Gasteiger partial charge in [0.05, 0.1) is 27.5 Å². The number of imidazole rings is 2. The van der Waals surface area contributed by atoms with Gasteiger partial charge in [-0.05, 0) is 79.9 Å². The number of aromatic amines is 2. The maximum Gasteiger partial charge on any atom is 0.210 e. The molecule has 6 aromatic heterocycles. The molecule has 8 heteroatoms. The van der Waals surface area contributed by atoms with Crippen LogP contribution < -0.4 is 18.3 Å². The Morgan fingerprint density at radius 1 is 0.342 bits per heavy atom. The zero-order valence-corrected chi connectivity index (χ0v) is 37.7. The lowest BCUT2D eigenvalue weighted by Crippen LogP contribution is -2.33. The highest BCUT2D eigenvalue weighted by Gasteiger charge is 2.46. The Morgan fingerprint density at radius 3 is 1.04 bits per heavy atom. The first-order valence-electron chi connectivity index (χ1n) is 23.4. The van der Waals surface area contributed by atoms with Crippen molar-refractivity contribution in [3.8, 4) is 44.8 Å². The summed E-state index contributed by atoms with van der Waals surface area (Å²) in [5, 5.41) is 0. The first-order chi connectivity index (χ1) is 34.1. The van der Waals surface area contributed by atoms with E-state index in [1.54, 1.807) is 0 Å². The Balaban J connectivity index is 0.00000164. The molecular weight excluding hydrogens is 893 g/mol. The number of hydrogen-bond acceptors (Lipinski definition) is 2. The van der Waals surface area contributed by atoms with E-state index < -0.39 is 5.41 Å². The molecule has 13 rings (SSSR count). The van der Waals surface area contributed by atoms with Crippen molar-refractivity contribution in [2.75, 3.05) is 0 Å². The average molecular weight is 955 g/mol. The zero-order chi connectivity index (χ0) is 45.7. The van der Waals surface area contributed by atoms with Crippen molar-refractivity contribution in [1.82, 2.24) is 19.9 Å². The van der Waals surface area contributed by atoms with Crippen LogP contribution in [-0.4, -0.2) is 19.9 Å². The van der Waals surface area contributed by atoms with Crippen LogP contribution in [0.4, 0.5) is 0 Å². The van der Waals surface area contributed by atoms with Gasteiger partial charge in [0.25, 0.3) is 0 Å². The first kappa shape index (κ1) is 48.9. The molecule has 73 heavy (non-hydrogen) atoms. The molecule has 12 aromatic rings. The smallest absolute Gasteiger partial charge is 0.210 e. The maximum atomic E-state index is 4.75. The minimum atomic E-state index is -0.504. The van der Waals surface area contributed by atoms with Gasteiger partial charge in [0.15, 0.2) is 61.2 Å². The van der Waals surface area contributed by atoms with E-state index >= 15 is 0 Å². The van der Waals surface area contributed by atoms with Crippen molar-refractivity contribution in [3.63, 3.8) is 0 Å². The number of para-hydroxylation sites is 4. The van der Waals surface area contributed by atoms with E-state index in [0.717, 1.165) is 67.3 Å². The lowest BCUT2D eigenvalue weighted by atomic mass is 9.67. The molecule has 2 N–H and O–H groups in total. The third kappa shape index (κ3) is 8.78. The number of rotatable bonds is 10. The minimum absolute atomic E-state index is 0. The second-order valence-electron chi connectivity index (χ2n) is 17.8. The predicted octanol–water partition coefficient (Wildman–Crippen LogP) is 12.9. The largest absolute Gasteiger partial charge is 0.337 e. The minimum Gasteiger partial charge on any atom is -0.337 e. The van der Waals surface area contributed by atoms with Crippen LogP contribution in [0.5, 0.6) is 0 Å². The fraction of sp³-hybridized carbons (Fsp3) is 0.108. The van der Waals surface area contributed by atoms with E-state index in [1.807, 2.05) is 36.4 Å². The van der Waals surface area contributed by atoms with Gasteiger partial charge in [0, 0.05) is 72.8 Å². The molecule has 6 aromatic carbocycles. The normalized spacial score (nSPS) is 11.9. The summed E-state index contributed by atoms with van der Waals surface area (Å²) in [5.41, 5.74) is 18.0. The Labute approximate surface area is 428 Å². The summed E-state index contributed by atoms with van der Waals surface area (Å²) in [7, 11) is 0. The van der Waals surface area contributed by atoms with Crippen LogP contribution in [0.15, 0.2) is 244 Å². The SMILES string of the molecule is C.C.C.C.c1ccc2c(c1)-c1ccccc1C2(c1ccc(-[n+]2ccc(-c3cc[n+](Cc4nc5ccccc5[nH]4)cc3)cc2)cc1)c1ccc(-[n+]2ccc(-c3cc[n+](Cc4nc5ccccc5[nH]4)cc3)cc2)cc1. The van der Waals surface area contributed by atoms with Gasteiger partial charge in [-0.3, -0.25) is 0 Å². The summed E-state index contributed by atoms with van der Waals surface area (Å²) in [6.45, 7) is 1.36. The van der Waals surface area contributed by atoms with Gasteiger partial charge in [-0.15, -0.1) is 0 Å². The lowest BCUT2D eigenvalue weighted by molar-refractivity contribution is -0.689. The maximum absolute atomic E-state index is 4.75. The molecular formula is C65H62N8+4. The van der Waals surface area contributed by atoms with Crippen LogP contribution in [0.25, 0.3) is 66.8 Å². The average Bonchev–Trinajstić information content (AvgIpc) is 4.11. The highest BCUT2D eigenvalue weighted by atomic mass is 15.0. The molecule has 1 aliphatic carbocycles. The Bertz CT molecular complexity index is 3480. The molecule has 0 saturated carbocycles. The first-order valence-corrected chi connectivity index (χ1v) is 23.4. The van der Waals surface area contributed by atoms with Crippen molar-refractivity contribution < 1.29 is 18.3 Å². The van der Waals surface area contributed by atoms with Gasteiger partial charge in [-0.2, -0.15) is 18.3 Å². The van der Waals surface area contributed by atoms with Crippen LogP contribution in [0, 0.1) is 0 Å². The molecule has 0 spiro atoms. The second-order valence-corrected chi connectivity index (χ2v) is 17.8. The van der Waals surface area contributed by atoms with Gasteiger partial charge in [-0.1, -0.05) is 127 Å². The number of H-pyrrole nitrogens is 2. The standard InChI is InChI=1S/C61H44N8.4CH4/c1-3-11-53-51(9-1)52-10-2-4-12-54(52)61(53,47-17-21-49(22-18-47)68-37-29-45(30-38-68)43-25-33-66(34-26-43)41-59-62-55-13-5-6-14-56(55)63-59)48-19-23-50(24-20-48)69-39-31-46(32-40-69)44-27-35-67(36-28-44)42-60-64-57-15-7-8-16-58(57)65-60;;;;/h1-40H,41-42H2;4*1H4/q+2;;;;/p+2. The summed E-state index contributed by atoms with van der Waals surface area (Å²) >= 11 is 0. The van der Waals surface area contributed by atoms with Crippen molar-refractivity contribution in [2.24, 2.45) is 0 Å². The molecule has 0 aliphatic heterocycles. The highest BCUT2D eigenvalue weighted by Crippen LogP contribution is 2.56. The van der Waals surface area contributed by atoms with E-state index in [4.69, 9.17) is 9.97 Å². The quantitative estimate of drug-likeness (QED) is 0.134. The van der Waals surface area contributed by atoms with E-state index in [0.29, 0.717) is 13.1 Å². The van der Waals surface area contributed by atoms with Gasteiger partial charge < -0.3 is 9.97 Å². The molecule has 0 bridgehead atoms. The molecule has 0 radical (unpaired) electrons. The zero-order valence-electron chi connectivity index (χ0n) is 37.7. The fourth-order valence-electron chi connectivity index (χ4n) is 10.4. The number of aromatic nitrogens is 8. The Hall–Kier alpha value is -9.14. The third-order valence-corrected chi connectivity index (χ3v) is 13.8. The second kappa shape index (κ2) is 20.3. The number of benzene rings is 6. The van der Waals surface area contributed by atoms with Gasteiger partial charge >= 0.3 is 0 Å². The topological polar surface area (TPSA) is 72.9 Å². The van der Waals surface area contributed by atoms with Gasteiger partial charge in [0.2, 0.25) is 24.5 Å². The molecule has 0 saturated heterocycles. The Kier molecular flexibility index (Phi) is 13.6. The van der Waals surface area contributed by atoms with E-state index in [2.05, 4.69) is 236 Å². The van der Waals surface area contributed by atoms with Crippen LogP contribution in [0.1, 0.15) is 63.6 Å². The molecule has 6 heterocycles. The van der Waals surface area contributed by atoms with Crippen LogP contribution in [0.2, 0.25) is 0 Å². The van der Waals surface area contributed by atoms with Crippen LogP contribution >= 0.6 is 0 Å². The van der Waals surface area contributed by atoms with Crippen molar-refractivity contribution in [3.05, 3.63) is 278 Å². The molecule has 0 unspecified atom stereocenters. The third-order valence-electron chi connectivity index (χ3n) is 13.8.